The van der Waals surface area contributed by atoms with E-state index in [0.717, 1.165) is 12.0 Å². The van der Waals surface area contributed by atoms with Crippen molar-refractivity contribution < 1.29 is 0 Å². The first-order chi connectivity index (χ1) is 8.48. The molecule has 2 fully saturated rings. The molecule has 1 N–H and O–H groups in total. The molecule has 0 saturated carbocycles. The molecule has 18 heavy (non-hydrogen) atoms. The lowest BCUT2D eigenvalue weighted by atomic mass is 9.87. The van der Waals surface area contributed by atoms with Crippen molar-refractivity contribution in [1.29, 1.82) is 0 Å². The van der Waals surface area contributed by atoms with Crippen molar-refractivity contribution in [1.82, 2.24) is 15.1 Å². The Morgan fingerprint density at radius 2 is 1.56 bits per heavy atom. The van der Waals surface area contributed by atoms with Crippen molar-refractivity contribution >= 4 is 0 Å². The average molecular weight is 253 g/mol. The zero-order valence-corrected chi connectivity index (χ0v) is 12.7. The minimum absolute atomic E-state index is 0.350. The van der Waals surface area contributed by atoms with Gasteiger partial charge in [0.05, 0.1) is 0 Å². The lowest BCUT2D eigenvalue weighted by molar-refractivity contribution is 0.0484. The number of rotatable bonds is 2. The Kier molecular flexibility index (Phi) is 4.68. The van der Waals surface area contributed by atoms with E-state index in [-0.39, 0.29) is 0 Å². The van der Waals surface area contributed by atoms with Crippen LogP contribution in [-0.4, -0.2) is 60.6 Å². The van der Waals surface area contributed by atoms with Gasteiger partial charge in [-0.15, -0.1) is 0 Å². The summed E-state index contributed by atoms with van der Waals surface area (Å²) in [4.78, 5) is 5.34. The van der Waals surface area contributed by atoms with Crippen LogP contribution < -0.4 is 5.32 Å². The SMILES string of the molecule is CC(C1CCN(C(C)(C)C)CC1)N1CCNCC1. The summed E-state index contributed by atoms with van der Waals surface area (Å²) in [7, 11) is 0. The molecule has 1 unspecified atom stereocenters. The summed E-state index contributed by atoms with van der Waals surface area (Å²) in [5.74, 6) is 0.904. The first-order valence-corrected chi connectivity index (χ1v) is 7.68. The summed E-state index contributed by atoms with van der Waals surface area (Å²) < 4.78 is 0. The smallest absolute Gasteiger partial charge is 0.0125 e. The standard InChI is InChI=1S/C15H31N3/c1-13(17-11-7-16-8-12-17)14-5-9-18(10-6-14)15(2,3)4/h13-14,16H,5-12H2,1-4H3. The van der Waals surface area contributed by atoms with E-state index in [4.69, 9.17) is 0 Å². The molecule has 0 aromatic rings. The predicted molar refractivity (Wildman–Crippen MR) is 78.0 cm³/mol. The predicted octanol–water partition coefficient (Wildman–Crippen LogP) is 1.79. The maximum Gasteiger partial charge on any atom is 0.0125 e. The molecule has 0 aromatic heterocycles. The van der Waals surface area contributed by atoms with Gasteiger partial charge in [0.1, 0.15) is 0 Å². The van der Waals surface area contributed by atoms with Crippen LogP contribution in [0, 0.1) is 5.92 Å². The van der Waals surface area contributed by atoms with E-state index in [1.165, 1.54) is 52.1 Å². The van der Waals surface area contributed by atoms with Gasteiger partial charge in [-0.25, -0.2) is 0 Å². The number of piperidine rings is 1. The van der Waals surface area contributed by atoms with E-state index in [9.17, 15) is 0 Å². The highest BCUT2D eigenvalue weighted by molar-refractivity contribution is 4.87. The number of nitrogens with one attached hydrogen (secondary N) is 1. The lowest BCUT2D eigenvalue weighted by Gasteiger charge is -2.45. The third-order valence-electron chi connectivity index (χ3n) is 4.90. The second-order valence-electron chi connectivity index (χ2n) is 7.02. The Labute approximate surface area is 113 Å². The molecule has 3 heteroatoms. The van der Waals surface area contributed by atoms with Gasteiger partial charge in [0.25, 0.3) is 0 Å². The highest BCUT2D eigenvalue weighted by Gasteiger charge is 2.31. The zero-order chi connectivity index (χ0) is 13.2. The normalized spacial score (nSPS) is 27.3. The van der Waals surface area contributed by atoms with E-state index in [1.807, 2.05) is 0 Å². The van der Waals surface area contributed by atoms with Gasteiger partial charge in [-0.05, 0) is 59.5 Å². The Hall–Kier alpha value is -0.120. The van der Waals surface area contributed by atoms with Gasteiger partial charge in [0.2, 0.25) is 0 Å². The van der Waals surface area contributed by atoms with Gasteiger partial charge in [-0.3, -0.25) is 9.80 Å². The molecule has 2 aliphatic rings. The summed E-state index contributed by atoms with van der Waals surface area (Å²) in [5, 5.41) is 3.45. The topological polar surface area (TPSA) is 18.5 Å². The molecule has 2 rings (SSSR count). The van der Waals surface area contributed by atoms with E-state index in [2.05, 4.69) is 42.8 Å². The van der Waals surface area contributed by atoms with Crippen LogP contribution in [0.25, 0.3) is 0 Å². The van der Waals surface area contributed by atoms with Crippen LogP contribution in [0.4, 0.5) is 0 Å². The quantitative estimate of drug-likeness (QED) is 0.809. The fraction of sp³-hybridized carbons (Fsp3) is 1.00. The third kappa shape index (κ3) is 3.46. The molecule has 106 valence electrons. The second kappa shape index (κ2) is 5.89. The Balaban J connectivity index is 1.81. The molecule has 0 amide bonds. The van der Waals surface area contributed by atoms with Gasteiger partial charge in [-0.2, -0.15) is 0 Å². The zero-order valence-electron chi connectivity index (χ0n) is 12.7. The van der Waals surface area contributed by atoms with E-state index >= 15 is 0 Å². The molecule has 2 saturated heterocycles. The first kappa shape index (κ1) is 14.3. The highest BCUT2D eigenvalue weighted by Crippen LogP contribution is 2.27. The summed E-state index contributed by atoms with van der Waals surface area (Å²) in [6.45, 7) is 16.8. The van der Waals surface area contributed by atoms with Gasteiger partial charge in [0, 0.05) is 37.8 Å². The van der Waals surface area contributed by atoms with Crippen molar-refractivity contribution in [3.63, 3.8) is 0 Å². The number of piperazine rings is 1. The average Bonchev–Trinajstić information content (AvgIpc) is 2.38. The van der Waals surface area contributed by atoms with Gasteiger partial charge in [-0.1, -0.05) is 0 Å². The van der Waals surface area contributed by atoms with Crippen LogP contribution in [0.2, 0.25) is 0 Å². The van der Waals surface area contributed by atoms with Crippen LogP contribution >= 0.6 is 0 Å². The third-order valence-corrected chi connectivity index (χ3v) is 4.90. The lowest BCUT2D eigenvalue weighted by Crippen LogP contribution is -2.53. The number of hydrogen-bond donors (Lipinski definition) is 1. The molecular weight excluding hydrogens is 222 g/mol. The largest absolute Gasteiger partial charge is 0.314 e. The summed E-state index contributed by atoms with van der Waals surface area (Å²) in [6.07, 6.45) is 2.75. The summed E-state index contributed by atoms with van der Waals surface area (Å²) in [5.41, 5.74) is 0.350. The van der Waals surface area contributed by atoms with Crippen molar-refractivity contribution in [2.75, 3.05) is 39.3 Å². The number of hydrogen-bond acceptors (Lipinski definition) is 3. The maximum atomic E-state index is 3.45. The minimum Gasteiger partial charge on any atom is -0.314 e. The van der Waals surface area contributed by atoms with Crippen molar-refractivity contribution in [2.45, 2.75) is 52.1 Å². The van der Waals surface area contributed by atoms with E-state index in [1.54, 1.807) is 0 Å². The van der Waals surface area contributed by atoms with Gasteiger partial charge in [0.15, 0.2) is 0 Å². The molecule has 2 aliphatic heterocycles. The van der Waals surface area contributed by atoms with Crippen LogP contribution in [0.5, 0.6) is 0 Å². The Morgan fingerprint density at radius 1 is 1.00 bits per heavy atom. The Morgan fingerprint density at radius 3 is 2.06 bits per heavy atom. The Bertz CT molecular complexity index is 245. The molecule has 0 aromatic carbocycles. The molecule has 0 bridgehead atoms. The van der Waals surface area contributed by atoms with Crippen molar-refractivity contribution in [3.05, 3.63) is 0 Å². The van der Waals surface area contributed by atoms with Gasteiger partial charge < -0.3 is 5.32 Å². The first-order valence-electron chi connectivity index (χ1n) is 7.68. The van der Waals surface area contributed by atoms with E-state index < -0.39 is 0 Å². The van der Waals surface area contributed by atoms with Crippen molar-refractivity contribution in [3.8, 4) is 0 Å². The monoisotopic (exact) mass is 253 g/mol. The molecule has 0 spiro atoms. The number of likely N-dealkylation sites (tertiary alicyclic amines) is 1. The molecule has 2 heterocycles. The molecular formula is C15H31N3. The van der Waals surface area contributed by atoms with Crippen LogP contribution in [-0.2, 0) is 0 Å². The van der Waals surface area contributed by atoms with E-state index in [0.29, 0.717) is 5.54 Å². The van der Waals surface area contributed by atoms with Gasteiger partial charge >= 0.3 is 0 Å². The van der Waals surface area contributed by atoms with Crippen LogP contribution in [0.3, 0.4) is 0 Å². The molecule has 1 atom stereocenters. The summed E-state index contributed by atoms with van der Waals surface area (Å²) >= 11 is 0. The summed E-state index contributed by atoms with van der Waals surface area (Å²) in [6, 6.07) is 0.772. The fourth-order valence-electron chi connectivity index (χ4n) is 3.44. The van der Waals surface area contributed by atoms with Crippen LogP contribution in [0.15, 0.2) is 0 Å². The number of nitrogens with zero attached hydrogens (tertiary/aromatic N) is 2. The highest BCUT2D eigenvalue weighted by atomic mass is 15.2. The maximum absolute atomic E-state index is 3.45. The molecule has 0 radical (unpaired) electrons. The minimum atomic E-state index is 0.350. The molecule has 3 nitrogen and oxygen atoms in total. The fourth-order valence-corrected chi connectivity index (χ4v) is 3.44. The van der Waals surface area contributed by atoms with Crippen LogP contribution in [0.1, 0.15) is 40.5 Å². The van der Waals surface area contributed by atoms with Crippen molar-refractivity contribution in [2.24, 2.45) is 5.92 Å². The second-order valence-corrected chi connectivity index (χ2v) is 7.02. The molecule has 0 aliphatic carbocycles.